The summed E-state index contributed by atoms with van der Waals surface area (Å²) in [5.74, 6) is 0.198. The molecule has 142 valence electrons. The first-order valence-corrected chi connectivity index (χ1v) is 9.85. The lowest BCUT2D eigenvalue weighted by atomic mass is 10.2. The Kier molecular flexibility index (Phi) is 4.97. The molecule has 6 heteroatoms. The quantitative estimate of drug-likeness (QED) is 0.675. The minimum atomic E-state index is 0.198. The van der Waals surface area contributed by atoms with Crippen molar-refractivity contribution in [2.24, 2.45) is 0 Å². The lowest BCUT2D eigenvalue weighted by Crippen LogP contribution is -2.31. The standard InChI is InChI=1S/C21H23Cl2N3O/c1-24(2)17-7-8-25(13-17)18-9-15-12-26(21(27)20(15)19(23)10-18)11-14-3-5-16(22)6-4-14/h3-6,9-10,12,17,27H,7-8,11,13H2,1-2H3/t17-/m0/s1. The highest BCUT2D eigenvalue weighted by molar-refractivity contribution is 6.36. The molecule has 1 aliphatic rings. The van der Waals surface area contributed by atoms with Gasteiger partial charge in [0.2, 0.25) is 5.88 Å². The Hall–Kier alpha value is -1.88. The molecule has 27 heavy (non-hydrogen) atoms. The van der Waals surface area contributed by atoms with Gasteiger partial charge in [0.15, 0.2) is 0 Å². The predicted molar refractivity (Wildman–Crippen MR) is 113 cm³/mol. The average Bonchev–Trinajstić information content (AvgIpc) is 3.23. The number of aromatic nitrogens is 1. The summed E-state index contributed by atoms with van der Waals surface area (Å²) in [5, 5.41) is 13.6. The number of fused-ring (bicyclic) bond motifs is 1. The van der Waals surface area contributed by atoms with Crippen LogP contribution < -0.4 is 4.90 Å². The second-order valence-corrected chi connectivity index (χ2v) is 8.29. The highest BCUT2D eigenvalue weighted by Gasteiger charge is 2.25. The van der Waals surface area contributed by atoms with Gasteiger partial charge >= 0.3 is 0 Å². The molecular formula is C21H23Cl2N3O. The van der Waals surface area contributed by atoms with Crippen LogP contribution in [0.5, 0.6) is 5.88 Å². The van der Waals surface area contributed by atoms with Crippen LogP contribution in [0.1, 0.15) is 12.0 Å². The number of aromatic hydroxyl groups is 1. The van der Waals surface area contributed by atoms with E-state index in [4.69, 9.17) is 23.2 Å². The number of anilines is 1. The van der Waals surface area contributed by atoms with Crippen LogP contribution in [0, 0.1) is 0 Å². The third-order valence-corrected chi connectivity index (χ3v) is 5.97. The van der Waals surface area contributed by atoms with E-state index < -0.39 is 0 Å². The lowest BCUT2D eigenvalue weighted by molar-refractivity contribution is 0.315. The smallest absolute Gasteiger partial charge is 0.200 e. The summed E-state index contributed by atoms with van der Waals surface area (Å²) in [6.45, 7) is 2.57. The van der Waals surface area contributed by atoms with Gasteiger partial charge in [-0.2, -0.15) is 0 Å². The summed E-state index contributed by atoms with van der Waals surface area (Å²) in [6, 6.07) is 12.3. The van der Waals surface area contributed by atoms with E-state index in [0.717, 1.165) is 36.1 Å². The zero-order valence-corrected chi connectivity index (χ0v) is 17.0. The Morgan fingerprint density at radius 1 is 1.15 bits per heavy atom. The molecule has 0 unspecified atom stereocenters. The van der Waals surface area contributed by atoms with Crippen molar-refractivity contribution >= 4 is 39.7 Å². The van der Waals surface area contributed by atoms with Gasteiger partial charge in [-0.05, 0) is 50.3 Å². The molecule has 3 aromatic rings. The van der Waals surface area contributed by atoms with Gasteiger partial charge in [-0.1, -0.05) is 35.3 Å². The molecule has 1 N–H and O–H groups in total. The molecular weight excluding hydrogens is 381 g/mol. The van der Waals surface area contributed by atoms with E-state index in [2.05, 4.69) is 30.0 Å². The Balaban J connectivity index is 1.66. The monoisotopic (exact) mass is 403 g/mol. The maximum absolute atomic E-state index is 10.7. The number of benzene rings is 2. The van der Waals surface area contributed by atoms with Gasteiger partial charge in [0.25, 0.3) is 0 Å². The Morgan fingerprint density at radius 3 is 2.56 bits per heavy atom. The Bertz CT molecular complexity index is 966. The molecule has 4 rings (SSSR count). The molecule has 1 atom stereocenters. The second kappa shape index (κ2) is 7.27. The number of hydrogen-bond acceptors (Lipinski definition) is 3. The highest BCUT2D eigenvalue weighted by Crippen LogP contribution is 2.38. The van der Waals surface area contributed by atoms with Gasteiger partial charge in [0.1, 0.15) is 0 Å². The topological polar surface area (TPSA) is 31.6 Å². The van der Waals surface area contributed by atoms with E-state index in [0.29, 0.717) is 28.0 Å². The van der Waals surface area contributed by atoms with Gasteiger partial charge in [-0.15, -0.1) is 0 Å². The summed E-state index contributed by atoms with van der Waals surface area (Å²) >= 11 is 12.5. The highest BCUT2D eigenvalue weighted by atomic mass is 35.5. The van der Waals surface area contributed by atoms with Crippen molar-refractivity contribution in [3.63, 3.8) is 0 Å². The van der Waals surface area contributed by atoms with Crippen molar-refractivity contribution < 1.29 is 5.11 Å². The Labute approximate surface area is 169 Å². The third-order valence-electron chi connectivity index (χ3n) is 5.42. The minimum Gasteiger partial charge on any atom is -0.494 e. The van der Waals surface area contributed by atoms with E-state index in [1.807, 2.05) is 41.1 Å². The molecule has 0 bridgehead atoms. The maximum atomic E-state index is 10.7. The van der Waals surface area contributed by atoms with E-state index in [1.54, 1.807) is 0 Å². The van der Waals surface area contributed by atoms with Crippen LogP contribution in [0.2, 0.25) is 10.0 Å². The first-order chi connectivity index (χ1) is 12.9. The van der Waals surface area contributed by atoms with Gasteiger partial charge in [0, 0.05) is 41.4 Å². The predicted octanol–water partition coefficient (Wildman–Crippen LogP) is 4.84. The normalized spacial score (nSPS) is 17.4. The third kappa shape index (κ3) is 3.62. The number of rotatable bonds is 4. The summed E-state index contributed by atoms with van der Waals surface area (Å²) in [5.41, 5.74) is 2.18. The number of hydrogen-bond donors (Lipinski definition) is 1. The molecule has 1 aliphatic heterocycles. The van der Waals surface area contributed by atoms with E-state index in [1.165, 1.54) is 0 Å². The minimum absolute atomic E-state index is 0.198. The molecule has 2 heterocycles. The zero-order valence-electron chi connectivity index (χ0n) is 15.5. The van der Waals surface area contributed by atoms with Crippen molar-refractivity contribution in [1.82, 2.24) is 9.47 Å². The zero-order chi connectivity index (χ0) is 19.1. The average molecular weight is 404 g/mol. The van der Waals surface area contributed by atoms with E-state index in [-0.39, 0.29) is 5.88 Å². The molecule has 0 saturated carbocycles. The number of nitrogens with zero attached hydrogens (tertiary/aromatic N) is 3. The van der Waals surface area contributed by atoms with Gasteiger partial charge < -0.3 is 19.5 Å². The van der Waals surface area contributed by atoms with Gasteiger partial charge in [0.05, 0.1) is 17.0 Å². The first kappa shape index (κ1) is 18.5. The number of halogens is 2. The van der Waals surface area contributed by atoms with Crippen LogP contribution in [-0.2, 0) is 6.54 Å². The molecule has 2 aromatic carbocycles. The molecule has 1 saturated heterocycles. The molecule has 4 nitrogen and oxygen atoms in total. The van der Waals surface area contributed by atoms with Crippen LogP contribution in [0.25, 0.3) is 10.8 Å². The summed E-state index contributed by atoms with van der Waals surface area (Å²) in [6.07, 6.45) is 3.11. The van der Waals surface area contributed by atoms with Crippen molar-refractivity contribution in [1.29, 1.82) is 0 Å². The molecule has 0 spiro atoms. The molecule has 0 amide bonds. The molecule has 1 fully saturated rings. The maximum Gasteiger partial charge on any atom is 0.200 e. The molecule has 0 radical (unpaired) electrons. The van der Waals surface area contributed by atoms with Crippen molar-refractivity contribution in [3.05, 3.63) is 58.2 Å². The van der Waals surface area contributed by atoms with Crippen LogP contribution in [0.3, 0.4) is 0 Å². The molecule has 1 aromatic heterocycles. The van der Waals surface area contributed by atoms with Crippen LogP contribution in [-0.4, -0.2) is 47.8 Å². The summed E-state index contributed by atoms with van der Waals surface area (Å²) in [7, 11) is 4.25. The Morgan fingerprint density at radius 2 is 1.89 bits per heavy atom. The van der Waals surface area contributed by atoms with Crippen molar-refractivity contribution in [2.45, 2.75) is 19.0 Å². The van der Waals surface area contributed by atoms with Crippen molar-refractivity contribution in [3.8, 4) is 5.88 Å². The summed E-state index contributed by atoms with van der Waals surface area (Å²) in [4.78, 5) is 4.64. The van der Waals surface area contributed by atoms with Crippen LogP contribution >= 0.6 is 23.2 Å². The van der Waals surface area contributed by atoms with E-state index in [9.17, 15) is 5.11 Å². The van der Waals surface area contributed by atoms with Crippen LogP contribution in [0.15, 0.2) is 42.6 Å². The summed E-state index contributed by atoms with van der Waals surface area (Å²) < 4.78 is 1.83. The largest absolute Gasteiger partial charge is 0.494 e. The van der Waals surface area contributed by atoms with Crippen LogP contribution in [0.4, 0.5) is 5.69 Å². The van der Waals surface area contributed by atoms with E-state index >= 15 is 0 Å². The molecule has 0 aliphatic carbocycles. The van der Waals surface area contributed by atoms with Gasteiger partial charge in [-0.25, -0.2) is 0 Å². The fourth-order valence-corrected chi connectivity index (χ4v) is 4.24. The first-order valence-electron chi connectivity index (χ1n) is 9.09. The lowest BCUT2D eigenvalue weighted by Gasteiger charge is -2.22. The van der Waals surface area contributed by atoms with Gasteiger partial charge in [-0.3, -0.25) is 0 Å². The fraction of sp³-hybridized carbons (Fsp3) is 0.333. The van der Waals surface area contributed by atoms with Crippen molar-refractivity contribution in [2.75, 3.05) is 32.1 Å². The fourth-order valence-electron chi connectivity index (χ4n) is 3.81. The SMILES string of the molecule is CN(C)[C@H]1CCN(c2cc(Cl)c3c(O)n(Cc4ccc(Cl)cc4)cc3c2)C1. The second-order valence-electron chi connectivity index (χ2n) is 7.45. The number of likely N-dealkylation sites (N-methyl/N-ethyl adjacent to an activating group) is 1.